The maximum atomic E-state index is 12.1. The number of carbonyl (C=O) groups excluding carboxylic acids is 1. The topological polar surface area (TPSA) is 92.9 Å². The van der Waals surface area contributed by atoms with Gasteiger partial charge in [-0.3, -0.25) is 9.36 Å². The Morgan fingerprint density at radius 2 is 2.00 bits per heavy atom. The molecular formula is C15H20N4O2. The maximum absolute atomic E-state index is 12.1. The molecule has 0 bridgehead atoms. The lowest BCUT2D eigenvalue weighted by Gasteiger charge is -2.18. The number of benzene rings is 1. The van der Waals surface area contributed by atoms with Crippen molar-refractivity contribution in [3.63, 3.8) is 0 Å². The Morgan fingerprint density at radius 3 is 2.48 bits per heavy atom. The summed E-state index contributed by atoms with van der Waals surface area (Å²) in [4.78, 5) is 26.2. The zero-order chi connectivity index (χ0) is 15.4. The van der Waals surface area contributed by atoms with Crippen LogP contribution in [0.15, 0.2) is 41.5 Å². The highest BCUT2D eigenvalue weighted by molar-refractivity contribution is 5.92. The van der Waals surface area contributed by atoms with Crippen LogP contribution in [0.4, 0.5) is 5.69 Å². The Bertz CT molecular complexity index is 655. The van der Waals surface area contributed by atoms with Gasteiger partial charge in [-0.05, 0) is 30.2 Å². The van der Waals surface area contributed by atoms with Crippen LogP contribution in [-0.2, 0) is 4.79 Å². The van der Waals surface area contributed by atoms with Gasteiger partial charge in [-0.2, -0.15) is 0 Å². The summed E-state index contributed by atoms with van der Waals surface area (Å²) < 4.78 is 1.49. The van der Waals surface area contributed by atoms with E-state index in [0.29, 0.717) is 12.2 Å². The number of aromatic nitrogens is 2. The first-order valence-corrected chi connectivity index (χ1v) is 6.90. The van der Waals surface area contributed by atoms with Gasteiger partial charge >= 0.3 is 5.69 Å². The van der Waals surface area contributed by atoms with Crippen LogP contribution < -0.4 is 16.7 Å². The van der Waals surface area contributed by atoms with Crippen molar-refractivity contribution in [2.45, 2.75) is 13.8 Å². The first kappa shape index (κ1) is 15.1. The van der Waals surface area contributed by atoms with Gasteiger partial charge in [-0.25, -0.2) is 4.79 Å². The van der Waals surface area contributed by atoms with E-state index in [-0.39, 0.29) is 23.4 Å². The standard InChI is InChI=1S/C15H20N4O2/c1-10(2)13(9-16)14(20)18-11-3-5-12(6-4-11)19-8-7-17-15(19)21/h3-8,10,13H,9,16H2,1-2H3,(H,17,21)(H,18,20). The van der Waals surface area contributed by atoms with Crippen molar-refractivity contribution in [3.8, 4) is 5.69 Å². The third-order valence-corrected chi connectivity index (χ3v) is 3.46. The lowest BCUT2D eigenvalue weighted by atomic mass is 9.95. The van der Waals surface area contributed by atoms with Crippen LogP contribution in [0.5, 0.6) is 0 Å². The molecule has 0 aliphatic rings. The monoisotopic (exact) mass is 288 g/mol. The van der Waals surface area contributed by atoms with Crippen molar-refractivity contribution in [1.82, 2.24) is 9.55 Å². The molecule has 0 saturated carbocycles. The van der Waals surface area contributed by atoms with Crippen molar-refractivity contribution < 1.29 is 4.79 Å². The summed E-state index contributed by atoms with van der Waals surface area (Å²) in [6.07, 6.45) is 3.23. The third-order valence-electron chi connectivity index (χ3n) is 3.46. The zero-order valence-electron chi connectivity index (χ0n) is 12.2. The molecular weight excluding hydrogens is 268 g/mol. The predicted molar refractivity (Wildman–Crippen MR) is 82.4 cm³/mol. The molecule has 21 heavy (non-hydrogen) atoms. The summed E-state index contributed by atoms with van der Waals surface area (Å²) in [5, 5.41) is 2.85. The number of amides is 1. The Kier molecular flexibility index (Phi) is 4.59. The van der Waals surface area contributed by atoms with E-state index in [1.165, 1.54) is 4.57 Å². The van der Waals surface area contributed by atoms with Gasteiger partial charge in [0.15, 0.2) is 0 Å². The Morgan fingerprint density at radius 1 is 1.33 bits per heavy atom. The van der Waals surface area contributed by atoms with Gasteiger partial charge in [0.1, 0.15) is 0 Å². The molecule has 0 saturated heterocycles. The largest absolute Gasteiger partial charge is 0.330 e. The number of nitrogens with one attached hydrogen (secondary N) is 2. The minimum Gasteiger partial charge on any atom is -0.330 e. The number of rotatable bonds is 5. The van der Waals surface area contributed by atoms with Gasteiger partial charge in [0, 0.05) is 24.6 Å². The van der Waals surface area contributed by atoms with E-state index >= 15 is 0 Å². The Hall–Kier alpha value is -2.34. The minimum atomic E-state index is -0.211. The fraction of sp³-hybridized carbons (Fsp3) is 0.333. The van der Waals surface area contributed by atoms with Crippen molar-refractivity contribution in [2.75, 3.05) is 11.9 Å². The molecule has 1 heterocycles. The first-order chi connectivity index (χ1) is 10.0. The number of hydrogen-bond acceptors (Lipinski definition) is 3. The zero-order valence-corrected chi connectivity index (χ0v) is 12.2. The highest BCUT2D eigenvalue weighted by Crippen LogP contribution is 2.15. The van der Waals surface area contributed by atoms with E-state index in [4.69, 9.17) is 5.73 Å². The normalized spacial score (nSPS) is 12.4. The predicted octanol–water partition coefficient (Wildman–Crippen LogP) is 1.33. The molecule has 0 aliphatic carbocycles. The average molecular weight is 288 g/mol. The molecule has 0 fully saturated rings. The number of nitrogens with two attached hydrogens (primary N) is 1. The van der Waals surface area contributed by atoms with E-state index in [2.05, 4.69) is 10.3 Å². The second-order valence-electron chi connectivity index (χ2n) is 5.26. The number of nitrogens with zero attached hydrogens (tertiary/aromatic N) is 1. The molecule has 0 spiro atoms. The second-order valence-corrected chi connectivity index (χ2v) is 5.26. The van der Waals surface area contributed by atoms with Crippen LogP contribution in [0.2, 0.25) is 0 Å². The quantitative estimate of drug-likeness (QED) is 0.775. The van der Waals surface area contributed by atoms with E-state index in [0.717, 1.165) is 5.69 Å². The molecule has 1 aromatic heterocycles. The fourth-order valence-corrected chi connectivity index (χ4v) is 2.15. The number of aromatic amines is 1. The molecule has 6 heteroatoms. The molecule has 1 unspecified atom stereocenters. The molecule has 0 radical (unpaired) electrons. The molecule has 0 aliphatic heterocycles. The Balaban J connectivity index is 2.11. The third kappa shape index (κ3) is 3.41. The van der Waals surface area contributed by atoms with Crippen LogP contribution in [0, 0.1) is 11.8 Å². The van der Waals surface area contributed by atoms with E-state index < -0.39 is 0 Å². The molecule has 1 atom stereocenters. The van der Waals surface area contributed by atoms with Gasteiger partial charge in [0.2, 0.25) is 5.91 Å². The van der Waals surface area contributed by atoms with Crippen molar-refractivity contribution in [1.29, 1.82) is 0 Å². The molecule has 112 valence electrons. The summed E-state index contributed by atoms with van der Waals surface area (Å²) in [7, 11) is 0. The summed E-state index contributed by atoms with van der Waals surface area (Å²) >= 11 is 0. The molecule has 2 rings (SSSR count). The number of anilines is 1. The maximum Gasteiger partial charge on any atom is 0.330 e. The van der Waals surface area contributed by atoms with Crippen molar-refractivity contribution >= 4 is 11.6 Å². The molecule has 1 aromatic carbocycles. The van der Waals surface area contributed by atoms with Crippen LogP contribution in [0.25, 0.3) is 5.69 Å². The fourth-order valence-electron chi connectivity index (χ4n) is 2.15. The molecule has 4 N–H and O–H groups in total. The van der Waals surface area contributed by atoms with E-state index in [9.17, 15) is 9.59 Å². The summed E-state index contributed by atoms with van der Waals surface area (Å²) in [5.41, 5.74) is 6.85. The van der Waals surface area contributed by atoms with Crippen molar-refractivity contribution in [2.24, 2.45) is 17.6 Å². The van der Waals surface area contributed by atoms with Crippen LogP contribution in [-0.4, -0.2) is 22.0 Å². The van der Waals surface area contributed by atoms with Crippen LogP contribution in [0.3, 0.4) is 0 Å². The lowest BCUT2D eigenvalue weighted by Crippen LogP contribution is -2.33. The van der Waals surface area contributed by atoms with Crippen LogP contribution in [0.1, 0.15) is 13.8 Å². The molecule has 1 amide bonds. The van der Waals surface area contributed by atoms with Gasteiger partial charge in [-0.1, -0.05) is 13.8 Å². The number of H-pyrrole nitrogens is 1. The van der Waals surface area contributed by atoms with E-state index in [1.807, 2.05) is 13.8 Å². The van der Waals surface area contributed by atoms with Crippen LogP contribution >= 0.6 is 0 Å². The van der Waals surface area contributed by atoms with Crippen molar-refractivity contribution in [3.05, 3.63) is 47.1 Å². The summed E-state index contributed by atoms with van der Waals surface area (Å²) in [6.45, 7) is 4.26. The Labute approximate surface area is 123 Å². The average Bonchev–Trinajstić information content (AvgIpc) is 2.86. The van der Waals surface area contributed by atoms with Gasteiger partial charge < -0.3 is 16.0 Å². The minimum absolute atomic E-state index is 0.0842. The summed E-state index contributed by atoms with van der Waals surface area (Å²) in [5.74, 6) is -0.108. The lowest BCUT2D eigenvalue weighted by molar-refractivity contribution is -0.120. The molecule has 2 aromatic rings. The van der Waals surface area contributed by atoms with Gasteiger partial charge in [0.25, 0.3) is 0 Å². The SMILES string of the molecule is CC(C)C(CN)C(=O)Nc1ccc(-n2cc[nH]c2=O)cc1. The smallest absolute Gasteiger partial charge is 0.330 e. The molecule has 6 nitrogen and oxygen atoms in total. The van der Waals surface area contributed by atoms with Gasteiger partial charge in [0.05, 0.1) is 11.6 Å². The first-order valence-electron chi connectivity index (χ1n) is 6.90. The summed E-state index contributed by atoms with van der Waals surface area (Å²) in [6, 6.07) is 7.08. The highest BCUT2D eigenvalue weighted by Gasteiger charge is 2.20. The number of carbonyl (C=O) groups is 1. The van der Waals surface area contributed by atoms with Gasteiger partial charge in [-0.15, -0.1) is 0 Å². The number of imidazole rings is 1. The highest BCUT2D eigenvalue weighted by atomic mass is 16.2. The number of hydrogen-bond donors (Lipinski definition) is 3. The second kappa shape index (κ2) is 6.41. The van der Waals surface area contributed by atoms with E-state index in [1.54, 1.807) is 36.7 Å².